The minimum absolute atomic E-state index is 0.241. The molecule has 0 amide bonds. The van der Waals surface area contributed by atoms with Crippen molar-refractivity contribution in [3.05, 3.63) is 53.5 Å². The maximum Gasteiger partial charge on any atom is 0.130 e. The zero-order valence-corrected chi connectivity index (χ0v) is 10.3. The van der Waals surface area contributed by atoms with E-state index in [1.54, 1.807) is 6.07 Å². The molecule has 0 aliphatic heterocycles. The first-order valence-electron chi connectivity index (χ1n) is 6.22. The fourth-order valence-corrected chi connectivity index (χ4v) is 2.06. The molecule has 0 bridgehead atoms. The number of rotatable bonds is 3. The number of pyridine rings is 1. The van der Waals surface area contributed by atoms with Gasteiger partial charge in [0.2, 0.25) is 0 Å². The second kappa shape index (κ2) is 4.41. The third kappa shape index (κ3) is 2.50. The number of anilines is 2. The number of halogens is 1. The Morgan fingerprint density at radius 3 is 2.78 bits per heavy atom. The van der Waals surface area contributed by atoms with E-state index in [4.69, 9.17) is 0 Å². The fourth-order valence-electron chi connectivity index (χ4n) is 2.06. The van der Waals surface area contributed by atoms with Crippen molar-refractivity contribution in [1.29, 1.82) is 0 Å². The van der Waals surface area contributed by atoms with E-state index in [0.29, 0.717) is 5.92 Å². The molecule has 0 atom stereocenters. The molecular formula is C15H15FN2. The highest BCUT2D eigenvalue weighted by atomic mass is 19.1. The summed E-state index contributed by atoms with van der Waals surface area (Å²) in [6.07, 6.45) is 2.46. The van der Waals surface area contributed by atoms with Crippen LogP contribution in [0.5, 0.6) is 0 Å². The molecule has 0 unspecified atom stereocenters. The smallest absolute Gasteiger partial charge is 0.130 e. The number of hydrogen-bond donors (Lipinski definition) is 1. The van der Waals surface area contributed by atoms with Gasteiger partial charge in [0.1, 0.15) is 11.6 Å². The molecule has 1 fully saturated rings. The van der Waals surface area contributed by atoms with E-state index in [0.717, 1.165) is 17.2 Å². The third-order valence-corrected chi connectivity index (χ3v) is 3.08. The molecule has 3 rings (SSSR count). The Hall–Kier alpha value is -1.90. The van der Waals surface area contributed by atoms with Crippen LogP contribution in [0, 0.1) is 12.7 Å². The number of hydrogen-bond acceptors (Lipinski definition) is 2. The normalized spacial score (nSPS) is 14.6. The predicted octanol–water partition coefficient (Wildman–Crippen LogP) is 4.15. The molecule has 1 heterocycles. The van der Waals surface area contributed by atoms with Crippen molar-refractivity contribution in [2.45, 2.75) is 25.7 Å². The number of benzene rings is 1. The number of nitrogens with zero attached hydrogens (tertiary/aromatic N) is 1. The average Bonchev–Trinajstić information content (AvgIpc) is 3.11. The predicted molar refractivity (Wildman–Crippen MR) is 70.6 cm³/mol. The highest BCUT2D eigenvalue weighted by Gasteiger charge is 2.25. The Morgan fingerprint density at radius 1 is 1.22 bits per heavy atom. The van der Waals surface area contributed by atoms with Gasteiger partial charge >= 0.3 is 0 Å². The molecule has 3 heteroatoms. The van der Waals surface area contributed by atoms with Crippen LogP contribution in [-0.2, 0) is 0 Å². The lowest BCUT2D eigenvalue weighted by atomic mass is 10.2. The SMILES string of the molecule is Cc1cc(Nc2cccc(F)c2)nc(C2CC2)c1. The summed E-state index contributed by atoms with van der Waals surface area (Å²) >= 11 is 0. The summed E-state index contributed by atoms with van der Waals surface area (Å²) in [6.45, 7) is 2.06. The molecule has 2 aromatic rings. The van der Waals surface area contributed by atoms with Gasteiger partial charge in [0, 0.05) is 17.3 Å². The molecule has 1 aromatic heterocycles. The molecule has 1 aromatic carbocycles. The Labute approximate surface area is 106 Å². The molecule has 0 saturated heterocycles. The zero-order chi connectivity index (χ0) is 12.5. The summed E-state index contributed by atoms with van der Waals surface area (Å²) < 4.78 is 13.1. The first-order chi connectivity index (χ1) is 8.70. The van der Waals surface area contributed by atoms with Crippen LogP contribution in [0.1, 0.15) is 30.0 Å². The van der Waals surface area contributed by atoms with Gasteiger partial charge in [0.05, 0.1) is 0 Å². The third-order valence-electron chi connectivity index (χ3n) is 3.08. The Morgan fingerprint density at radius 2 is 2.06 bits per heavy atom. The lowest BCUT2D eigenvalue weighted by molar-refractivity contribution is 0.628. The maximum absolute atomic E-state index is 13.1. The minimum Gasteiger partial charge on any atom is -0.340 e. The van der Waals surface area contributed by atoms with Crippen LogP contribution in [-0.4, -0.2) is 4.98 Å². The van der Waals surface area contributed by atoms with Gasteiger partial charge in [0.15, 0.2) is 0 Å². The summed E-state index contributed by atoms with van der Waals surface area (Å²) in [6, 6.07) is 10.6. The summed E-state index contributed by atoms with van der Waals surface area (Å²) in [5.74, 6) is 1.18. The van der Waals surface area contributed by atoms with Crippen molar-refractivity contribution in [3.63, 3.8) is 0 Å². The molecule has 1 aliphatic rings. The highest BCUT2D eigenvalue weighted by molar-refractivity contribution is 5.57. The van der Waals surface area contributed by atoms with Crippen LogP contribution >= 0.6 is 0 Å². The van der Waals surface area contributed by atoms with E-state index in [2.05, 4.69) is 23.3 Å². The lowest BCUT2D eigenvalue weighted by Gasteiger charge is -2.09. The van der Waals surface area contributed by atoms with Gasteiger partial charge in [0.25, 0.3) is 0 Å². The Balaban J connectivity index is 1.87. The van der Waals surface area contributed by atoms with E-state index >= 15 is 0 Å². The van der Waals surface area contributed by atoms with Crippen LogP contribution < -0.4 is 5.32 Å². The van der Waals surface area contributed by atoms with Gasteiger partial charge in [-0.3, -0.25) is 0 Å². The second-order valence-corrected chi connectivity index (χ2v) is 4.86. The molecule has 2 nitrogen and oxygen atoms in total. The summed E-state index contributed by atoms with van der Waals surface area (Å²) in [7, 11) is 0. The van der Waals surface area contributed by atoms with Crippen LogP contribution in [0.3, 0.4) is 0 Å². The Kier molecular flexibility index (Phi) is 2.74. The standard InChI is InChI=1S/C15H15FN2/c1-10-7-14(11-5-6-11)18-15(8-10)17-13-4-2-3-12(16)9-13/h2-4,7-9,11H,5-6H2,1H3,(H,17,18). The second-order valence-electron chi connectivity index (χ2n) is 4.86. The molecule has 0 spiro atoms. The van der Waals surface area contributed by atoms with Crippen molar-refractivity contribution in [1.82, 2.24) is 4.98 Å². The van der Waals surface area contributed by atoms with Crippen LogP contribution in [0.4, 0.5) is 15.9 Å². The van der Waals surface area contributed by atoms with Gasteiger partial charge in [-0.05, 0) is 55.7 Å². The van der Waals surface area contributed by atoms with Gasteiger partial charge in [-0.1, -0.05) is 6.07 Å². The molecule has 1 aliphatic carbocycles. The summed E-state index contributed by atoms with van der Waals surface area (Å²) in [4.78, 5) is 4.59. The van der Waals surface area contributed by atoms with Crippen molar-refractivity contribution >= 4 is 11.5 Å². The molecule has 18 heavy (non-hydrogen) atoms. The van der Waals surface area contributed by atoms with Gasteiger partial charge < -0.3 is 5.32 Å². The molecule has 1 N–H and O–H groups in total. The minimum atomic E-state index is -0.241. The van der Waals surface area contributed by atoms with Crippen LogP contribution in [0.2, 0.25) is 0 Å². The van der Waals surface area contributed by atoms with Crippen LogP contribution in [0.15, 0.2) is 36.4 Å². The summed E-state index contributed by atoms with van der Waals surface area (Å²) in [5.41, 5.74) is 3.06. The number of aromatic nitrogens is 1. The monoisotopic (exact) mass is 242 g/mol. The first kappa shape index (κ1) is 11.2. The number of nitrogens with one attached hydrogen (secondary N) is 1. The first-order valence-corrected chi connectivity index (χ1v) is 6.22. The van der Waals surface area contributed by atoms with E-state index in [1.165, 1.54) is 30.5 Å². The zero-order valence-electron chi connectivity index (χ0n) is 10.3. The largest absolute Gasteiger partial charge is 0.340 e. The van der Waals surface area contributed by atoms with Crippen molar-refractivity contribution in [3.8, 4) is 0 Å². The van der Waals surface area contributed by atoms with Gasteiger partial charge in [-0.25, -0.2) is 9.37 Å². The van der Waals surface area contributed by atoms with Crippen LogP contribution in [0.25, 0.3) is 0 Å². The summed E-state index contributed by atoms with van der Waals surface area (Å²) in [5, 5.41) is 3.16. The maximum atomic E-state index is 13.1. The van der Waals surface area contributed by atoms with Crippen molar-refractivity contribution in [2.75, 3.05) is 5.32 Å². The molecule has 92 valence electrons. The molecule has 0 radical (unpaired) electrons. The highest BCUT2D eigenvalue weighted by Crippen LogP contribution is 2.39. The Bertz CT molecular complexity index is 576. The quantitative estimate of drug-likeness (QED) is 0.874. The van der Waals surface area contributed by atoms with E-state index in [9.17, 15) is 4.39 Å². The van der Waals surface area contributed by atoms with Gasteiger partial charge in [-0.15, -0.1) is 0 Å². The number of aryl methyl sites for hydroxylation is 1. The fraction of sp³-hybridized carbons (Fsp3) is 0.267. The van der Waals surface area contributed by atoms with Crippen molar-refractivity contribution < 1.29 is 4.39 Å². The van der Waals surface area contributed by atoms with Gasteiger partial charge in [-0.2, -0.15) is 0 Å². The van der Waals surface area contributed by atoms with E-state index in [-0.39, 0.29) is 5.82 Å². The topological polar surface area (TPSA) is 24.9 Å². The van der Waals surface area contributed by atoms with Crippen molar-refractivity contribution in [2.24, 2.45) is 0 Å². The van der Waals surface area contributed by atoms with E-state index in [1.807, 2.05) is 12.1 Å². The average molecular weight is 242 g/mol. The van der Waals surface area contributed by atoms with E-state index < -0.39 is 0 Å². The molecule has 1 saturated carbocycles. The lowest BCUT2D eigenvalue weighted by Crippen LogP contribution is -1.97. The molecular weight excluding hydrogens is 227 g/mol.